The van der Waals surface area contributed by atoms with Crippen molar-refractivity contribution in [3.63, 3.8) is 0 Å². The smallest absolute Gasteiger partial charge is 0.328 e. The van der Waals surface area contributed by atoms with E-state index < -0.39 is 14.0 Å². The van der Waals surface area contributed by atoms with Crippen LogP contribution in [0.4, 0.5) is 0 Å². The first-order chi connectivity index (χ1) is 6.89. The summed E-state index contributed by atoms with van der Waals surface area (Å²) in [6.07, 6.45) is 2.76. The molecular weight excluding hydrogens is 204 g/mol. The number of carbonyl (C=O) groups is 1. The van der Waals surface area contributed by atoms with Crippen LogP contribution in [-0.4, -0.2) is 19.1 Å². The van der Waals surface area contributed by atoms with E-state index in [2.05, 4.69) is 31.8 Å². The zero-order valence-corrected chi connectivity index (χ0v) is 10.3. The van der Waals surface area contributed by atoms with E-state index in [1.165, 1.54) is 5.19 Å². The first kappa shape index (κ1) is 11.7. The molecule has 15 heavy (non-hydrogen) atoms. The Hall–Kier alpha value is -1.35. The normalized spacial score (nSPS) is 11.9. The molecule has 1 rings (SSSR count). The first-order valence-electron chi connectivity index (χ1n) is 4.91. The Balaban J connectivity index is 2.86. The fraction of sp³-hybridized carbons (Fsp3) is 0.250. The van der Waals surface area contributed by atoms with Gasteiger partial charge in [0.05, 0.1) is 8.07 Å². The van der Waals surface area contributed by atoms with Gasteiger partial charge in [-0.2, -0.15) is 0 Å². The second-order valence-corrected chi connectivity index (χ2v) is 9.62. The average molecular weight is 220 g/mol. The molecule has 0 saturated heterocycles. The van der Waals surface area contributed by atoms with E-state index in [1.807, 2.05) is 12.1 Å². The minimum absolute atomic E-state index is 0.913. The third-order valence-corrected chi connectivity index (χ3v) is 4.26. The lowest BCUT2D eigenvalue weighted by atomic mass is 10.2. The second kappa shape index (κ2) is 4.44. The highest BCUT2D eigenvalue weighted by atomic mass is 28.3. The van der Waals surface area contributed by atoms with Crippen molar-refractivity contribution in [2.45, 2.75) is 19.6 Å². The van der Waals surface area contributed by atoms with E-state index in [9.17, 15) is 4.79 Å². The van der Waals surface area contributed by atoms with Gasteiger partial charge in [-0.25, -0.2) is 4.79 Å². The van der Waals surface area contributed by atoms with Gasteiger partial charge >= 0.3 is 5.97 Å². The number of aliphatic carboxylic acids is 1. The van der Waals surface area contributed by atoms with Crippen molar-refractivity contribution in [2.24, 2.45) is 0 Å². The molecule has 0 unspecified atom stereocenters. The summed E-state index contributed by atoms with van der Waals surface area (Å²) in [6.45, 7) is 6.86. The maximum Gasteiger partial charge on any atom is 0.328 e. The van der Waals surface area contributed by atoms with Crippen LogP contribution >= 0.6 is 0 Å². The van der Waals surface area contributed by atoms with Crippen molar-refractivity contribution < 1.29 is 9.90 Å². The van der Waals surface area contributed by atoms with Crippen molar-refractivity contribution >= 4 is 25.3 Å². The van der Waals surface area contributed by atoms with Crippen molar-refractivity contribution in [2.75, 3.05) is 0 Å². The van der Waals surface area contributed by atoms with Crippen LogP contribution in [0.15, 0.2) is 30.3 Å². The molecule has 1 aromatic carbocycles. The van der Waals surface area contributed by atoms with Gasteiger partial charge in [0.15, 0.2) is 0 Å². The fourth-order valence-corrected chi connectivity index (χ4v) is 2.43. The molecule has 80 valence electrons. The van der Waals surface area contributed by atoms with Crippen molar-refractivity contribution in [1.29, 1.82) is 0 Å². The molecule has 0 spiro atoms. The summed E-state index contributed by atoms with van der Waals surface area (Å²) < 4.78 is 0. The van der Waals surface area contributed by atoms with Crippen LogP contribution in [0.1, 0.15) is 5.56 Å². The third kappa shape index (κ3) is 3.71. The van der Waals surface area contributed by atoms with Gasteiger partial charge in [-0.05, 0) is 11.6 Å². The molecule has 0 heterocycles. The Labute approximate surface area is 91.3 Å². The largest absolute Gasteiger partial charge is 0.478 e. The SMILES string of the molecule is C[Si](C)(C)c1ccc(C=CC(=O)O)cc1. The van der Waals surface area contributed by atoms with Crippen LogP contribution in [0.2, 0.25) is 19.6 Å². The molecule has 2 nitrogen and oxygen atoms in total. The molecule has 1 aromatic rings. The Kier molecular flexibility index (Phi) is 3.47. The summed E-state index contributed by atoms with van der Waals surface area (Å²) in [4.78, 5) is 10.3. The van der Waals surface area contributed by atoms with E-state index in [0.717, 1.165) is 11.6 Å². The van der Waals surface area contributed by atoms with Gasteiger partial charge in [-0.15, -0.1) is 0 Å². The highest BCUT2D eigenvalue weighted by molar-refractivity contribution is 6.88. The first-order valence-corrected chi connectivity index (χ1v) is 8.41. The van der Waals surface area contributed by atoms with Crippen LogP contribution in [-0.2, 0) is 4.79 Å². The second-order valence-electron chi connectivity index (χ2n) is 4.54. The van der Waals surface area contributed by atoms with Gasteiger partial charge in [-0.3, -0.25) is 0 Å². The molecule has 0 bridgehead atoms. The van der Waals surface area contributed by atoms with E-state index in [1.54, 1.807) is 6.08 Å². The quantitative estimate of drug-likeness (QED) is 0.627. The monoisotopic (exact) mass is 220 g/mol. The Bertz CT molecular complexity index is 372. The lowest BCUT2D eigenvalue weighted by molar-refractivity contribution is -0.131. The summed E-state index contributed by atoms with van der Waals surface area (Å²) in [5.74, 6) is -0.913. The van der Waals surface area contributed by atoms with Crippen LogP contribution in [0, 0.1) is 0 Å². The van der Waals surface area contributed by atoms with Crippen LogP contribution in [0.5, 0.6) is 0 Å². The molecule has 0 atom stereocenters. The highest BCUT2D eigenvalue weighted by Gasteiger charge is 2.15. The van der Waals surface area contributed by atoms with Crippen molar-refractivity contribution in [3.05, 3.63) is 35.9 Å². The standard InChI is InChI=1S/C12H16O2Si/c1-15(2,3)11-7-4-10(5-8-11)6-9-12(13)14/h4-9H,1-3H3,(H,13,14). The Morgan fingerprint density at radius 3 is 2.13 bits per heavy atom. The molecule has 0 saturated carbocycles. The van der Waals surface area contributed by atoms with E-state index >= 15 is 0 Å². The summed E-state index contributed by atoms with van der Waals surface area (Å²) >= 11 is 0. The van der Waals surface area contributed by atoms with E-state index in [4.69, 9.17) is 5.11 Å². The minimum Gasteiger partial charge on any atom is -0.478 e. The third-order valence-electron chi connectivity index (χ3n) is 2.20. The number of carboxylic acid groups (broad SMARTS) is 1. The average Bonchev–Trinajstić information content (AvgIpc) is 2.14. The maximum atomic E-state index is 10.3. The van der Waals surface area contributed by atoms with E-state index in [0.29, 0.717) is 0 Å². The summed E-state index contributed by atoms with van der Waals surface area (Å²) in [6, 6.07) is 8.11. The number of carboxylic acids is 1. The Morgan fingerprint density at radius 1 is 1.20 bits per heavy atom. The summed E-state index contributed by atoms with van der Waals surface area (Å²) in [5, 5.41) is 9.86. The number of rotatable bonds is 3. The van der Waals surface area contributed by atoms with Gasteiger partial charge in [0.25, 0.3) is 0 Å². The number of hydrogen-bond donors (Lipinski definition) is 1. The maximum absolute atomic E-state index is 10.3. The van der Waals surface area contributed by atoms with Gasteiger partial charge in [0, 0.05) is 6.08 Å². The van der Waals surface area contributed by atoms with Gasteiger partial charge in [-0.1, -0.05) is 49.1 Å². The molecule has 0 aliphatic rings. The van der Waals surface area contributed by atoms with Crippen LogP contribution < -0.4 is 5.19 Å². The lowest BCUT2D eigenvalue weighted by Gasteiger charge is -2.16. The zero-order chi connectivity index (χ0) is 11.5. The zero-order valence-electron chi connectivity index (χ0n) is 9.32. The van der Waals surface area contributed by atoms with Crippen LogP contribution in [0.25, 0.3) is 6.08 Å². The summed E-state index contributed by atoms with van der Waals surface area (Å²) in [5.41, 5.74) is 0.930. The number of hydrogen-bond acceptors (Lipinski definition) is 1. The van der Waals surface area contributed by atoms with Gasteiger partial charge in [0.1, 0.15) is 0 Å². The predicted octanol–water partition coefficient (Wildman–Crippen LogP) is 2.33. The predicted molar refractivity (Wildman–Crippen MR) is 66.1 cm³/mol. The Morgan fingerprint density at radius 2 is 1.73 bits per heavy atom. The topological polar surface area (TPSA) is 37.3 Å². The molecule has 0 amide bonds. The molecule has 0 radical (unpaired) electrons. The molecule has 0 aromatic heterocycles. The minimum atomic E-state index is -1.24. The van der Waals surface area contributed by atoms with Gasteiger partial charge < -0.3 is 5.11 Å². The van der Waals surface area contributed by atoms with Crippen LogP contribution in [0.3, 0.4) is 0 Å². The molecule has 0 fully saturated rings. The lowest BCUT2D eigenvalue weighted by Crippen LogP contribution is -2.37. The molecular formula is C12H16O2Si. The van der Waals surface area contributed by atoms with E-state index in [-0.39, 0.29) is 0 Å². The molecule has 3 heteroatoms. The molecule has 1 N–H and O–H groups in total. The number of benzene rings is 1. The van der Waals surface area contributed by atoms with Crippen molar-refractivity contribution in [1.82, 2.24) is 0 Å². The fourth-order valence-electron chi connectivity index (χ4n) is 1.26. The van der Waals surface area contributed by atoms with Crippen molar-refractivity contribution in [3.8, 4) is 0 Å². The summed E-state index contributed by atoms with van der Waals surface area (Å²) in [7, 11) is -1.24. The molecule has 0 aliphatic carbocycles. The van der Waals surface area contributed by atoms with Gasteiger partial charge in [0.2, 0.25) is 0 Å². The highest BCUT2D eigenvalue weighted by Crippen LogP contribution is 2.05. The molecule has 0 aliphatic heterocycles.